The summed E-state index contributed by atoms with van der Waals surface area (Å²) in [4.78, 5) is 0. The maximum absolute atomic E-state index is 6.94. The predicted molar refractivity (Wildman–Crippen MR) is 367 cm³/mol. The molecule has 0 aromatic heterocycles. The molecule has 0 N–H and O–H groups in total. The molecule has 4 aliphatic heterocycles. The third-order valence-corrected chi connectivity index (χ3v) is 21.9. The number of hydrogen-bond acceptors (Lipinski definition) is 8. The zero-order chi connectivity index (χ0) is 60.6. The van der Waals surface area contributed by atoms with Gasteiger partial charge in [0.05, 0.1) is 0 Å². The number of unbranched alkanes of at least 4 members (excludes halogenated alkanes) is 32. The van der Waals surface area contributed by atoms with E-state index in [0.717, 1.165) is 110 Å². The van der Waals surface area contributed by atoms with Crippen LogP contribution in [0.1, 0.15) is 353 Å². The van der Waals surface area contributed by atoms with Crippen molar-refractivity contribution < 1.29 is 56.8 Å². The molecular formula is C76H108Br3LiO8. The van der Waals surface area contributed by atoms with E-state index in [1.54, 1.807) is 0 Å². The first-order valence-corrected chi connectivity index (χ1v) is 38.0. The zero-order valence-electron chi connectivity index (χ0n) is 55.1. The molecule has 0 saturated carbocycles. The molecule has 0 saturated heterocycles. The third kappa shape index (κ3) is 18.8. The Bertz CT molecular complexity index is 2570. The maximum atomic E-state index is 6.94. The average Bonchev–Trinajstić information content (AvgIpc) is 0.777. The molecule has 88 heavy (non-hydrogen) atoms. The Morgan fingerprint density at radius 1 is 0.273 bits per heavy atom. The summed E-state index contributed by atoms with van der Waals surface area (Å²) in [6.45, 7) is 9.27. The molecule has 4 aromatic carbocycles. The van der Waals surface area contributed by atoms with Crippen LogP contribution in [-0.4, -0.2) is 27.2 Å². The molecule has 0 fully saturated rings. The van der Waals surface area contributed by atoms with Gasteiger partial charge in [-0.3, -0.25) is 0 Å². The quantitative estimate of drug-likeness (QED) is 0.0248. The second kappa shape index (κ2) is 38.5. The Labute approximate surface area is 569 Å². The van der Waals surface area contributed by atoms with E-state index in [4.69, 9.17) is 37.9 Å². The molecule has 0 spiro atoms. The monoisotopic (exact) mass is 1390 g/mol. The van der Waals surface area contributed by atoms with Gasteiger partial charge in [0.1, 0.15) is 47.9 Å². The van der Waals surface area contributed by atoms with Crippen LogP contribution >= 0.6 is 47.8 Å². The first kappa shape index (κ1) is 71.2. The van der Waals surface area contributed by atoms with Gasteiger partial charge in [-0.25, -0.2) is 0 Å². The van der Waals surface area contributed by atoms with E-state index in [9.17, 15) is 0 Å². The Morgan fingerprint density at radius 3 is 0.682 bits per heavy atom. The molecule has 4 unspecified atom stereocenters. The Morgan fingerprint density at radius 2 is 0.455 bits per heavy atom. The van der Waals surface area contributed by atoms with E-state index in [-0.39, 0.29) is 69.7 Å². The van der Waals surface area contributed by atoms with Gasteiger partial charge in [0, 0.05) is 45.6 Å². The van der Waals surface area contributed by atoms with Gasteiger partial charge in [-0.2, -0.15) is 6.07 Å². The van der Waals surface area contributed by atoms with Crippen molar-refractivity contribution in [2.75, 3.05) is 27.2 Å². The first-order valence-electron chi connectivity index (χ1n) is 35.6. The van der Waals surface area contributed by atoms with Crippen LogP contribution in [0.5, 0.6) is 46.0 Å². The summed E-state index contributed by atoms with van der Waals surface area (Å²) >= 11 is 12.7. The van der Waals surface area contributed by atoms with Crippen LogP contribution in [0.15, 0.2) is 37.7 Å². The number of rotatable bonds is 40. The first-order chi connectivity index (χ1) is 42.9. The van der Waals surface area contributed by atoms with Crippen molar-refractivity contribution in [2.45, 2.75) is 308 Å². The van der Waals surface area contributed by atoms with Crippen LogP contribution in [0, 0.1) is 6.07 Å². The van der Waals surface area contributed by atoms with Crippen molar-refractivity contribution >= 4 is 47.8 Å². The molecule has 0 amide bonds. The molecule has 482 valence electrons. The number of halogens is 3. The van der Waals surface area contributed by atoms with Crippen LogP contribution in [0.4, 0.5) is 0 Å². The summed E-state index contributed by atoms with van der Waals surface area (Å²) in [5.41, 5.74) is 9.33. The van der Waals surface area contributed by atoms with E-state index < -0.39 is 0 Å². The fourth-order valence-corrected chi connectivity index (χ4v) is 16.9. The van der Waals surface area contributed by atoms with Gasteiger partial charge >= 0.3 is 18.9 Å². The molecule has 12 heteroatoms. The van der Waals surface area contributed by atoms with Crippen molar-refractivity contribution in [3.05, 3.63) is 88.3 Å². The Hall–Kier alpha value is -2.68. The smallest absolute Gasteiger partial charge is 0.483 e. The van der Waals surface area contributed by atoms with E-state index in [0.29, 0.717) is 11.5 Å². The number of benzene rings is 4. The molecule has 1 aliphatic carbocycles. The average molecular weight is 1400 g/mol. The third-order valence-electron chi connectivity index (χ3n) is 19.8. The minimum absolute atomic E-state index is 0. The molecule has 8 nitrogen and oxygen atoms in total. The van der Waals surface area contributed by atoms with Gasteiger partial charge in [-0.15, -0.1) is 11.1 Å². The van der Waals surface area contributed by atoms with Crippen molar-refractivity contribution in [1.82, 2.24) is 0 Å². The minimum atomic E-state index is -0.0673. The van der Waals surface area contributed by atoms with Gasteiger partial charge in [0.15, 0.2) is 0 Å². The fourth-order valence-electron chi connectivity index (χ4n) is 14.8. The van der Waals surface area contributed by atoms with E-state index in [1.165, 1.54) is 239 Å². The summed E-state index contributed by atoms with van der Waals surface area (Å²) in [5.74, 6) is 5.84. The molecule has 4 aromatic rings. The molecule has 9 rings (SSSR count). The summed E-state index contributed by atoms with van der Waals surface area (Å²) in [6, 6.07) is 13.8. The summed E-state index contributed by atoms with van der Waals surface area (Å²) in [6.07, 6.45) is 49.1. The maximum Gasteiger partial charge on any atom is 1.00 e. The molecule has 5 aliphatic rings. The van der Waals surface area contributed by atoms with Crippen molar-refractivity contribution in [3.63, 3.8) is 0 Å². The standard InChI is InChI=1S/C76H108Br3O8.Li/c1-5-9-13-17-21-25-29-33-37-41-54-58-45-59-55(42-38-34-30-26-22-18-14-10-6-2)61-47-63-57(44-40-36-32-28-24-20-16-12-8-4)65-48-64-56(43-39-35-31-27-23-19-15-11-7-3)62-46-60(54)71-68(77)73(62)84-52-86-75(64)70(79)76(65)87-53-85-74(63)69(78)72(61)83-51-81-67(59)49-66(58)80-50-82-71;/h45-48,54-57H,5-44,50-53H2,1-4H3;/q-1;+1. The van der Waals surface area contributed by atoms with Crippen LogP contribution in [0.25, 0.3) is 0 Å². The largest absolute Gasteiger partial charge is 1.00 e. The second-order valence-electron chi connectivity index (χ2n) is 26.2. The van der Waals surface area contributed by atoms with Gasteiger partial charge in [0.25, 0.3) is 0 Å². The van der Waals surface area contributed by atoms with Gasteiger partial charge in [-0.05, 0) is 102 Å². The zero-order valence-corrected chi connectivity index (χ0v) is 59.9. The number of ether oxygens (including phenoxy) is 8. The Kier molecular flexibility index (Phi) is 31.1. The van der Waals surface area contributed by atoms with Gasteiger partial charge in [0.2, 0.25) is 27.2 Å². The van der Waals surface area contributed by atoms with Crippen LogP contribution in [0.2, 0.25) is 0 Å². The van der Waals surface area contributed by atoms with Crippen molar-refractivity contribution in [2.24, 2.45) is 0 Å². The molecule has 8 bridgehead atoms. The predicted octanol–water partition coefficient (Wildman–Crippen LogP) is 22.2. The SMILES string of the molecule is CCCCCCCCCCCC1c2cc3c4[c-]c2OCOc2c1cc1c(c2Br)OCOc2c(cc5c(c2Br)OCOc2c(cc(c(c2Br)OCO4)C3CCCCCCCCCCC)C5CCCCCCCCCCC)C1CCCCCCCCCCC.[Li+]. The summed E-state index contributed by atoms with van der Waals surface area (Å²) in [5, 5.41) is 0. The molecular weight excluding hydrogens is 1290 g/mol. The summed E-state index contributed by atoms with van der Waals surface area (Å²) in [7, 11) is 0. The topological polar surface area (TPSA) is 73.8 Å². The van der Waals surface area contributed by atoms with Crippen LogP contribution < -0.4 is 56.8 Å². The normalized spacial score (nSPS) is 17.5. The van der Waals surface area contributed by atoms with Crippen molar-refractivity contribution in [1.29, 1.82) is 0 Å². The number of hydrogen-bond donors (Lipinski definition) is 0. The van der Waals surface area contributed by atoms with Gasteiger partial charge in [-0.1, -0.05) is 278 Å². The molecule has 4 atom stereocenters. The van der Waals surface area contributed by atoms with E-state index in [1.807, 2.05) is 0 Å². The Balaban J connectivity index is 0.0000100. The fraction of sp³-hybridized carbons (Fsp3) is 0.684. The second-order valence-corrected chi connectivity index (χ2v) is 28.6. The van der Waals surface area contributed by atoms with E-state index in [2.05, 4.69) is 106 Å². The molecule has 0 radical (unpaired) electrons. The van der Waals surface area contributed by atoms with Gasteiger partial charge < -0.3 is 37.9 Å². The molecule has 4 heterocycles. The van der Waals surface area contributed by atoms with E-state index >= 15 is 0 Å². The summed E-state index contributed by atoms with van der Waals surface area (Å²) < 4.78 is 57.7. The van der Waals surface area contributed by atoms with Crippen LogP contribution in [0.3, 0.4) is 0 Å². The van der Waals surface area contributed by atoms with Crippen LogP contribution in [-0.2, 0) is 0 Å². The van der Waals surface area contributed by atoms with Crippen molar-refractivity contribution in [3.8, 4) is 46.0 Å². The minimum Gasteiger partial charge on any atom is -0.483 e.